The summed E-state index contributed by atoms with van der Waals surface area (Å²) in [5.74, 6) is -0.498. The first-order valence-electron chi connectivity index (χ1n) is 3.63. The summed E-state index contributed by atoms with van der Waals surface area (Å²) in [5, 5.41) is 13.7. The Morgan fingerprint density at radius 3 is 2.93 bits per heavy atom. The van der Waals surface area contributed by atoms with Gasteiger partial charge in [0.05, 0.1) is 12.3 Å². The van der Waals surface area contributed by atoms with Gasteiger partial charge in [0.1, 0.15) is 4.92 Å². The molecule has 14 heavy (non-hydrogen) atoms. The van der Waals surface area contributed by atoms with Crippen molar-refractivity contribution in [1.29, 1.82) is 0 Å². The van der Waals surface area contributed by atoms with Gasteiger partial charge in [-0.05, 0) is 6.07 Å². The average Bonchev–Trinajstić information content (AvgIpc) is 2.52. The predicted octanol–water partition coefficient (Wildman–Crippen LogP) is 0.658. The number of hydrogen-bond acceptors (Lipinski definition) is 5. The van der Waals surface area contributed by atoms with Crippen LogP contribution >= 0.6 is 0 Å². The van der Waals surface area contributed by atoms with Gasteiger partial charge in [0, 0.05) is 6.92 Å². The van der Waals surface area contributed by atoms with Crippen molar-refractivity contribution >= 4 is 18.0 Å². The van der Waals surface area contributed by atoms with Crippen LogP contribution in [0.25, 0.3) is 0 Å². The number of amides is 1. The van der Waals surface area contributed by atoms with Crippen LogP contribution in [0.15, 0.2) is 21.7 Å². The van der Waals surface area contributed by atoms with Crippen molar-refractivity contribution < 1.29 is 14.1 Å². The first-order valence-corrected chi connectivity index (χ1v) is 3.63. The number of rotatable bonds is 3. The van der Waals surface area contributed by atoms with Crippen LogP contribution in [-0.4, -0.2) is 17.0 Å². The van der Waals surface area contributed by atoms with Crippen LogP contribution in [0.3, 0.4) is 0 Å². The van der Waals surface area contributed by atoms with Crippen LogP contribution in [0.2, 0.25) is 0 Å². The van der Waals surface area contributed by atoms with Crippen molar-refractivity contribution in [3.63, 3.8) is 0 Å². The molecule has 0 unspecified atom stereocenters. The molecule has 74 valence electrons. The summed E-state index contributed by atoms with van der Waals surface area (Å²) >= 11 is 0. The fourth-order valence-electron chi connectivity index (χ4n) is 0.697. The highest BCUT2D eigenvalue weighted by Gasteiger charge is 2.09. The van der Waals surface area contributed by atoms with Gasteiger partial charge in [-0.2, -0.15) is 5.10 Å². The highest BCUT2D eigenvalue weighted by atomic mass is 16.6. The van der Waals surface area contributed by atoms with E-state index in [0.29, 0.717) is 0 Å². The Kier molecular flexibility index (Phi) is 2.95. The molecule has 1 aromatic heterocycles. The number of furan rings is 1. The van der Waals surface area contributed by atoms with E-state index < -0.39 is 4.92 Å². The summed E-state index contributed by atoms with van der Waals surface area (Å²) in [7, 11) is 0. The summed E-state index contributed by atoms with van der Waals surface area (Å²) < 4.78 is 4.73. The second kappa shape index (κ2) is 4.17. The third-order valence-corrected chi connectivity index (χ3v) is 1.21. The fraction of sp³-hybridized carbons (Fsp3) is 0.143. The third kappa shape index (κ3) is 2.70. The minimum Gasteiger partial charge on any atom is -0.400 e. The molecule has 0 aliphatic carbocycles. The van der Waals surface area contributed by atoms with Gasteiger partial charge in [-0.25, -0.2) is 5.43 Å². The number of nitro groups is 1. The summed E-state index contributed by atoms with van der Waals surface area (Å²) in [6.45, 7) is 1.29. The molecule has 1 heterocycles. The third-order valence-electron chi connectivity index (χ3n) is 1.21. The molecule has 0 radical (unpaired) electrons. The molecule has 0 fully saturated rings. The predicted molar refractivity (Wildman–Crippen MR) is 46.8 cm³/mol. The van der Waals surface area contributed by atoms with Crippen molar-refractivity contribution in [2.45, 2.75) is 6.92 Å². The van der Waals surface area contributed by atoms with Gasteiger partial charge in [0.2, 0.25) is 5.91 Å². The van der Waals surface area contributed by atoms with Gasteiger partial charge < -0.3 is 4.42 Å². The van der Waals surface area contributed by atoms with E-state index in [2.05, 4.69) is 10.5 Å². The van der Waals surface area contributed by atoms with E-state index in [1.54, 1.807) is 0 Å². The van der Waals surface area contributed by atoms with Crippen LogP contribution in [0, 0.1) is 10.1 Å². The summed E-state index contributed by atoms with van der Waals surface area (Å²) in [6.07, 6.45) is 1.17. The molecule has 1 N–H and O–H groups in total. The van der Waals surface area contributed by atoms with Crippen LogP contribution < -0.4 is 5.43 Å². The van der Waals surface area contributed by atoms with Gasteiger partial charge in [-0.3, -0.25) is 14.9 Å². The van der Waals surface area contributed by atoms with Crippen LogP contribution in [-0.2, 0) is 4.79 Å². The number of carbonyl (C=O) groups excluding carboxylic acids is 1. The maximum absolute atomic E-state index is 10.4. The molecule has 1 aromatic rings. The smallest absolute Gasteiger partial charge is 0.400 e. The van der Waals surface area contributed by atoms with Crippen molar-refractivity contribution in [3.8, 4) is 0 Å². The molecule has 0 spiro atoms. The lowest BCUT2D eigenvalue weighted by atomic mass is 10.5. The summed E-state index contributed by atoms with van der Waals surface area (Å²) in [6, 6.07) is 2.58. The monoisotopic (exact) mass is 197 g/mol. The van der Waals surface area contributed by atoms with Crippen molar-refractivity contribution in [1.82, 2.24) is 5.43 Å². The Hall–Kier alpha value is -2.18. The van der Waals surface area contributed by atoms with Gasteiger partial charge in [-0.1, -0.05) is 0 Å². The lowest BCUT2D eigenvalue weighted by Gasteiger charge is -1.88. The zero-order valence-corrected chi connectivity index (χ0v) is 7.26. The Labute approximate surface area is 78.6 Å². The van der Waals surface area contributed by atoms with Crippen molar-refractivity contribution in [3.05, 3.63) is 28.0 Å². The number of nitrogens with zero attached hydrogens (tertiary/aromatic N) is 2. The lowest BCUT2D eigenvalue weighted by Crippen LogP contribution is -2.12. The van der Waals surface area contributed by atoms with Crippen molar-refractivity contribution in [2.24, 2.45) is 5.10 Å². The van der Waals surface area contributed by atoms with Gasteiger partial charge in [-0.15, -0.1) is 0 Å². The van der Waals surface area contributed by atoms with E-state index >= 15 is 0 Å². The van der Waals surface area contributed by atoms with E-state index in [1.165, 1.54) is 25.3 Å². The molecule has 1 amide bonds. The molecule has 0 aliphatic rings. The van der Waals surface area contributed by atoms with Crippen LogP contribution in [0.1, 0.15) is 12.7 Å². The summed E-state index contributed by atoms with van der Waals surface area (Å²) in [4.78, 5) is 19.9. The molecule has 7 heteroatoms. The highest BCUT2D eigenvalue weighted by molar-refractivity contribution is 5.79. The zero-order chi connectivity index (χ0) is 10.6. The van der Waals surface area contributed by atoms with Crippen LogP contribution in [0.5, 0.6) is 0 Å². The molecule has 0 bridgehead atoms. The Morgan fingerprint density at radius 1 is 1.71 bits per heavy atom. The van der Waals surface area contributed by atoms with Crippen LogP contribution in [0.4, 0.5) is 5.88 Å². The van der Waals surface area contributed by atoms with E-state index in [9.17, 15) is 14.9 Å². The fourth-order valence-corrected chi connectivity index (χ4v) is 0.697. The Morgan fingerprint density at radius 2 is 2.43 bits per heavy atom. The molecule has 0 aromatic carbocycles. The van der Waals surface area contributed by atoms with E-state index in [1.807, 2.05) is 0 Å². The van der Waals surface area contributed by atoms with E-state index in [4.69, 9.17) is 4.42 Å². The largest absolute Gasteiger partial charge is 0.433 e. The SMILES string of the molecule is CC(=O)NN=Cc1ccc([N+](=O)[O-])o1. The highest BCUT2D eigenvalue weighted by Crippen LogP contribution is 2.13. The minimum absolute atomic E-state index is 0.199. The quantitative estimate of drug-likeness (QED) is 0.437. The number of hydrazone groups is 1. The number of nitrogens with one attached hydrogen (secondary N) is 1. The standard InChI is InChI=1S/C7H7N3O4/c1-5(11)9-8-4-6-2-3-7(14-6)10(12)13/h2-4H,1H3,(H,9,11). The van der Waals surface area contributed by atoms with Gasteiger partial charge in [0.15, 0.2) is 5.76 Å². The second-order valence-electron chi connectivity index (χ2n) is 2.36. The Bertz CT molecular complexity index is 382. The molecule has 1 rings (SSSR count). The molecule has 0 saturated carbocycles. The average molecular weight is 197 g/mol. The minimum atomic E-state index is -0.657. The molecule has 7 nitrogen and oxygen atoms in total. The molecule has 0 saturated heterocycles. The molecular formula is C7H7N3O4. The van der Waals surface area contributed by atoms with Gasteiger partial charge >= 0.3 is 5.88 Å². The van der Waals surface area contributed by atoms with Crippen molar-refractivity contribution in [2.75, 3.05) is 0 Å². The molecular weight excluding hydrogens is 190 g/mol. The maximum Gasteiger partial charge on any atom is 0.433 e. The second-order valence-corrected chi connectivity index (χ2v) is 2.36. The molecule has 0 aliphatic heterocycles. The lowest BCUT2D eigenvalue weighted by molar-refractivity contribution is -0.402. The van der Waals surface area contributed by atoms with Gasteiger partial charge in [0.25, 0.3) is 0 Å². The number of carbonyl (C=O) groups is 1. The first kappa shape index (κ1) is 9.90. The number of hydrogen-bond donors (Lipinski definition) is 1. The van der Waals surface area contributed by atoms with E-state index in [0.717, 1.165) is 0 Å². The summed E-state index contributed by atoms with van der Waals surface area (Å²) in [5.41, 5.74) is 2.13. The van der Waals surface area contributed by atoms with E-state index in [-0.39, 0.29) is 17.6 Å². The zero-order valence-electron chi connectivity index (χ0n) is 7.26. The topological polar surface area (TPSA) is 97.7 Å². The first-order chi connectivity index (χ1) is 6.59. The maximum atomic E-state index is 10.4. The Balaban J connectivity index is 2.64. The normalized spacial score (nSPS) is 10.4. The molecule has 0 atom stereocenters.